The molecule has 21 heavy (non-hydrogen) atoms. The molecule has 2 heterocycles. The molecule has 1 aromatic heterocycles. The molecule has 1 atom stereocenters. The van der Waals surface area contributed by atoms with Crippen LogP contribution >= 0.6 is 28.3 Å². The Kier molecular flexibility index (Phi) is 5.81. The summed E-state index contributed by atoms with van der Waals surface area (Å²) in [7, 11) is 2.06. The minimum atomic E-state index is 0. The van der Waals surface area contributed by atoms with Gasteiger partial charge in [0.15, 0.2) is 0 Å². The Balaban J connectivity index is 0.00000161. The van der Waals surface area contributed by atoms with Crippen molar-refractivity contribution in [2.24, 2.45) is 7.05 Å². The Morgan fingerprint density at radius 3 is 2.76 bits per heavy atom. The van der Waals surface area contributed by atoms with E-state index < -0.39 is 0 Å². The summed E-state index contributed by atoms with van der Waals surface area (Å²) >= 11 is 3.49. The van der Waals surface area contributed by atoms with Crippen molar-refractivity contribution in [1.29, 1.82) is 0 Å². The van der Waals surface area contributed by atoms with Gasteiger partial charge in [0.1, 0.15) is 5.82 Å². The molecule has 1 fully saturated rings. The summed E-state index contributed by atoms with van der Waals surface area (Å²) in [5.74, 6) is 1.13. The lowest BCUT2D eigenvalue weighted by atomic mass is 10.1. The predicted molar refractivity (Wildman–Crippen MR) is 90.6 cm³/mol. The third kappa shape index (κ3) is 3.86. The summed E-state index contributed by atoms with van der Waals surface area (Å²) in [5, 5.41) is 3.47. The minimum Gasteiger partial charge on any atom is -0.337 e. The van der Waals surface area contributed by atoms with Gasteiger partial charge in [-0.2, -0.15) is 0 Å². The van der Waals surface area contributed by atoms with Gasteiger partial charge in [0.25, 0.3) is 0 Å². The van der Waals surface area contributed by atoms with Gasteiger partial charge in [-0.1, -0.05) is 28.1 Å². The molecular formula is C15H20BrClN4. The number of aryl methyl sites for hydroxylation is 1. The Morgan fingerprint density at radius 2 is 2.10 bits per heavy atom. The number of halogens is 2. The average molecular weight is 372 g/mol. The van der Waals surface area contributed by atoms with Gasteiger partial charge in [-0.3, -0.25) is 4.90 Å². The van der Waals surface area contributed by atoms with E-state index >= 15 is 0 Å². The number of nitrogens with one attached hydrogen (secondary N) is 1. The maximum Gasteiger partial charge on any atom is 0.127 e. The molecule has 114 valence electrons. The third-order valence-electron chi connectivity index (χ3n) is 3.81. The maximum atomic E-state index is 4.52. The standard InChI is InChI=1S/C15H19BrN4.ClH/c1-19-8-7-18-15(19)14-10-17-6-9-20(14)11-12-2-4-13(16)5-3-12;/h2-5,7-8,14,17H,6,9-11H2,1H3;1H. The smallest absolute Gasteiger partial charge is 0.127 e. The Labute approximate surface area is 140 Å². The number of rotatable bonds is 3. The maximum absolute atomic E-state index is 4.52. The van der Waals surface area contributed by atoms with Crippen molar-refractivity contribution in [3.05, 3.63) is 52.5 Å². The third-order valence-corrected chi connectivity index (χ3v) is 4.34. The largest absolute Gasteiger partial charge is 0.337 e. The van der Waals surface area contributed by atoms with E-state index in [1.54, 1.807) is 0 Å². The van der Waals surface area contributed by atoms with Gasteiger partial charge in [-0.15, -0.1) is 12.4 Å². The second-order valence-corrected chi connectivity index (χ2v) is 6.13. The molecule has 2 aromatic rings. The van der Waals surface area contributed by atoms with Crippen LogP contribution in [0.15, 0.2) is 41.1 Å². The van der Waals surface area contributed by atoms with Crippen LogP contribution in [0.2, 0.25) is 0 Å². The topological polar surface area (TPSA) is 33.1 Å². The zero-order valence-corrected chi connectivity index (χ0v) is 14.4. The fourth-order valence-electron chi connectivity index (χ4n) is 2.71. The first kappa shape index (κ1) is 16.5. The molecule has 0 aliphatic carbocycles. The second kappa shape index (κ2) is 7.40. The van der Waals surface area contributed by atoms with E-state index in [2.05, 4.69) is 67.0 Å². The number of aromatic nitrogens is 2. The van der Waals surface area contributed by atoms with E-state index in [-0.39, 0.29) is 12.4 Å². The van der Waals surface area contributed by atoms with E-state index in [1.165, 1.54) is 5.56 Å². The summed E-state index contributed by atoms with van der Waals surface area (Å²) in [6.45, 7) is 4.01. The quantitative estimate of drug-likeness (QED) is 0.900. The van der Waals surface area contributed by atoms with Crippen molar-refractivity contribution in [2.45, 2.75) is 12.6 Å². The number of benzene rings is 1. The van der Waals surface area contributed by atoms with Gasteiger partial charge in [-0.25, -0.2) is 4.98 Å². The number of hydrogen-bond donors (Lipinski definition) is 1. The molecule has 6 heteroatoms. The first-order valence-corrected chi connectivity index (χ1v) is 7.70. The number of imidazole rings is 1. The van der Waals surface area contributed by atoms with Crippen LogP contribution in [0.5, 0.6) is 0 Å². The number of nitrogens with zero attached hydrogens (tertiary/aromatic N) is 3. The van der Waals surface area contributed by atoms with E-state index in [0.717, 1.165) is 36.5 Å². The van der Waals surface area contributed by atoms with Crippen molar-refractivity contribution < 1.29 is 0 Å². The molecule has 4 nitrogen and oxygen atoms in total. The van der Waals surface area contributed by atoms with Crippen molar-refractivity contribution in [1.82, 2.24) is 19.8 Å². The lowest BCUT2D eigenvalue weighted by Crippen LogP contribution is -2.46. The van der Waals surface area contributed by atoms with Crippen LogP contribution in [-0.4, -0.2) is 34.1 Å². The number of hydrogen-bond acceptors (Lipinski definition) is 3. The van der Waals surface area contributed by atoms with Crippen LogP contribution in [0.1, 0.15) is 17.4 Å². The molecule has 0 spiro atoms. The highest BCUT2D eigenvalue weighted by Crippen LogP contribution is 2.23. The Hall–Kier alpha value is -0.880. The van der Waals surface area contributed by atoms with Gasteiger partial charge in [0.05, 0.1) is 6.04 Å². The minimum absolute atomic E-state index is 0. The fraction of sp³-hybridized carbons (Fsp3) is 0.400. The average Bonchev–Trinajstić information content (AvgIpc) is 2.88. The van der Waals surface area contributed by atoms with Gasteiger partial charge in [0, 0.05) is 50.1 Å². The summed E-state index contributed by atoms with van der Waals surface area (Å²) in [5.41, 5.74) is 1.34. The van der Waals surface area contributed by atoms with Gasteiger partial charge >= 0.3 is 0 Å². The molecule has 1 aromatic carbocycles. The van der Waals surface area contributed by atoms with Crippen LogP contribution in [0.25, 0.3) is 0 Å². The molecule has 1 N–H and O–H groups in total. The van der Waals surface area contributed by atoms with E-state index in [9.17, 15) is 0 Å². The lowest BCUT2D eigenvalue weighted by Gasteiger charge is -2.35. The highest BCUT2D eigenvalue weighted by Gasteiger charge is 2.26. The monoisotopic (exact) mass is 370 g/mol. The van der Waals surface area contributed by atoms with Crippen molar-refractivity contribution >= 4 is 28.3 Å². The molecule has 0 amide bonds. The van der Waals surface area contributed by atoms with Gasteiger partial charge in [0.2, 0.25) is 0 Å². The number of piperazine rings is 1. The molecular weight excluding hydrogens is 352 g/mol. The molecule has 0 radical (unpaired) electrons. The lowest BCUT2D eigenvalue weighted by molar-refractivity contribution is 0.145. The van der Waals surface area contributed by atoms with Crippen LogP contribution in [-0.2, 0) is 13.6 Å². The molecule has 3 rings (SSSR count). The van der Waals surface area contributed by atoms with Crippen LogP contribution in [0, 0.1) is 0 Å². The summed E-state index contributed by atoms with van der Waals surface area (Å²) < 4.78 is 3.24. The van der Waals surface area contributed by atoms with Crippen LogP contribution in [0.4, 0.5) is 0 Å². The molecule has 0 saturated carbocycles. The first-order valence-electron chi connectivity index (χ1n) is 6.90. The van der Waals surface area contributed by atoms with E-state index in [1.807, 2.05) is 12.4 Å². The molecule has 1 aliphatic heterocycles. The highest BCUT2D eigenvalue weighted by molar-refractivity contribution is 9.10. The predicted octanol–water partition coefficient (Wildman–Crippen LogP) is 2.75. The Bertz CT molecular complexity index is 569. The first-order chi connectivity index (χ1) is 9.74. The van der Waals surface area contributed by atoms with Gasteiger partial charge in [-0.05, 0) is 17.7 Å². The molecule has 1 unspecified atom stereocenters. The summed E-state index contributed by atoms with van der Waals surface area (Å²) in [6.07, 6.45) is 3.89. The zero-order valence-electron chi connectivity index (χ0n) is 12.0. The Morgan fingerprint density at radius 1 is 1.33 bits per heavy atom. The SMILES string of the molecule is Cl.Cn1ccnc1C1CNCCN1Cc1ccc(Br)cc1. The summed E-state index contributed by atoms with van der Waals surface area (Å²) in [4.78, 5) is 7.02. The molecule has 1 aliphatic rings. The van der Waals surface area contributed by atoms with Crippen LogP contribution < -0.4 is 5.32 Å². The van der Waals surface area contributed by atoms with Crippen molar-refractivity contribution in [3.8, 4) is 0 Å². The van der Waals surface area contributed by atoms with Gasteiger partial charge < -0.3 is 9.88 Å². The fourth-order valence-corrected chi connectivity index (χ4v) is 2.98. The van der Waals surface area contributed by atoms with E-state index in [4.69, 9.17) is 0 Å². The second-order valence-electron chi connectivity index (χ2n) is 5.21. The molecule has 0 bridgehead atoms. The van der Waals surface area contributed by atoms with Crippen molar-refractivity contribution in [3.63, 3.8) is 0 Å². The zero-order chi connectivity index (χ0) is 13.9. The normalized spacial score (nSPS) is 19.2. The summed E-state index contributed by atoms with van der Waals surface area (Å²) in [6, 6.07) is 8.91. The van der Waals surface area contributed by atoms with E-state index in [0.29, 0.717) is 6.04 Å². The molecule has 1 saturated heterocycles. The van der Waals surface area contributed by atoms with Crippen LogP contribution in [0.3, 0.4) is 0 Å². The highest BCUT2D eigenvalue weighted by atomic mass is 79.9. The van der Waals surface area contributed by atoms with Crippen molar-refractivity contribution in [2.75, 3.05) is 19.6 Å².